The number of benzene rings is 2. The maximum atomic E-state index is 13.5. The molecule has 122 valence electrons. The summed E-state index contributed by atoms with van der Waals surface area (Å²) < 4.78 is 13.5. The Morgan fingerprint density at radius 3 is 2.50 bits per heavy atom. The SMILES string of the molecule is CC(=O)c1ccc(NC(=O)Cc2c(C)[nH]c3ccc(F)cc23)cc1. The number of nitrogens with one attached hydrogen (secondary N) is 2. The summed E-state index contributed by atoms with van der Waals surface area (Å²) >= 11 is 0. The average Bonchev–Trinajstić information content (AvgIpc) is 2.83. The molecule has 1 amide bonds. The molecule has 1 aromatic heterocycles. The number of hydrogen-bond donors (Lipinski definition) is 2. The Balaban J connectivity index is 1.78. The van der Waals surface area contributed by atoms with Gasteiger partial charge in [0.15, 0.2) is 5.78 Å². The van der Waals surface area contributed by atoms with Crippen molar-refractivity contribution in [3.05, 3.63) is 65.1 Å². The minimum atomic E-state index is -0.331. The number of fused-ring (bicyclic) bond motifs is 1. The van der Waals surface area contributed by atoms with E-state index in [0.717, 1.165) is 22.2 Å². The summed E-state index contributed by atoms with van der Waals surface area (Å²) in [5, 5.41) is 3.51. The van der Waals surface area contributed by atoms with Gasteiger partial charge in [-0.15, -0.1) is 0 Å². The Morgan fingerprint density at radius 1 is 1.12 bits per heavy atom. The number of Topliss-reactive ketones (excluding diaryl/α,β-unsaturated/α-hetero) is 1. The minimum Gasteiger partial charge on any atom is -0.358 e. The second-order valence-electron chi connectivity index (χ2n) is 5.78. The van der Waals surface area contributed by atoms with E-state index in [1.807, 2.05) is 6.92 Å². The number of aromatic nitrogens is 1. The lowest BCUT2D eigenvalue weighted by molar-refractivity contribution is -0.115. The van der Waals surface area contributed by atoms with E-state index >= 15 is 0 Å². The van der Waals surface area contributed by atoms with Crippen molar-refractivity contribution in [3.63, 3.8) is 0 Å². The molecule has 0 fully saturated rings. The normalized spacial score (nSPS) is 10.8. The smallest absolute Gasteiger partial charge is 0.228 e. The summed E-state index contributed by atoms with van der Waals surface area (Å²) in [6.07, 6.45) is 0.143. The van der Waals surface area contributed by atoms with Crippen molar-refractivity contribution in [2.45, 2.75) is 20.3 Å². The molecule has 3 aromatic rings. The van der Waals surface area contributed by atoms with Crippen LogP contribution in [0, 0.1) is 12.7 Å². The molecule has 0 aliphatic carbocycles. The fourth-order valence-electron chi connectivity index (χ4n) is 2.74. The number of H-pyrrole nitrogens is 1. The Labute approximate surface area is 138 Å². The molecule has 1 heterocycles. The number of hydrogen-bond acceptors (Lipinski definition) is 2. The van der Waals surface area contributed by atoms with E-state index in [4.69, 9.17) is 0 Å². The second kappa shape index (κ2) is 6.28. The van der Waals surface area contributed by atoms with Crippen molar-refractivity contribution in [1.29, 1.82) is 0 Å². The standard InChI is InChI=1S/C19H17FN2O2/c1-11-16(17-9-14(20)5-8-18(17)21-11)10-19(24)22-15-6-3-13(4-7-15)12(2)23/h3-9,21H,10H2,1-2H3,(H,22,24). The maximum Gasteiger partial charge on any atom is 0.228 e. The highest BCUT2D eigenvalue weighted by Gasteiger charge is 2.13. The van der Waals surface area contributed by atoms with E-state index in [1.54, 1.807) is 30.3 Å². The lowest BCUT2D eigenvalue weighted by Gasteiger charge is -2.06. The molecule has 4 nitrogen and oxygen atoms in total. The van der Waals surface area contributed by atoms with E-state index in [1.165, 1.54) is 19.1 Å². The van der Waals surface area contributed by atoms with E-state index in [9.17, 15) is 14.0 Å². The molecule has 0 radical (unpaired) electrons. The molecule has 2 N–H and O–H groups in total. The van der Waals surface area contributed by atoms with Crippen LogP contribution in [0.5, 0.6) is 0 Å². The number of rotatable bonds is 4. The number of amides is 1. The molecular formula is C19H17FN2O2. The largest absolute Gasteiger partial charge is 0.358 e. The predicted molar refractivity (Wildman–Crippen MR) is 91.8 cm³/mol. The minimum absolute atomic E-state index is 0.0238. The number of anilines is 1. The van der Waals surface area contributed by atoms with Crippen molar-refractivity contribution in [1.82, 2.24) is 4.98 Å². The lowest BCUT2D eigenvalue weighted by atomic mass is 10.1. The molecule has 0 saturated heterocycles. The van der Waals surface area contributed by atoms with Gasteiger partial charge in [-0.05, 0) is 61.9 Å². The van der Waals surface area contributed by atoms with Gasteiger partial charge >= 0.3 is 0 Å². The molecule has 2 aromatic carbocycles. The van der Waals surface area contributed by atoms with Crippen molar-refractivity contribution < 1.29 is 14.0 Å². The van der Waals surface area contributed by atoms with Gasteiger partial charge in [0, 0.05) is 27.8 Å². The molecule has 0 spiro atoms. The van der Waals surface area contributed by atoms with Gasteiger partial charge in [0.05, 0.1) is 6.42 Å². The topological polar surface area (TPSA) is 62.0 Å². The van der Waals surface area contributed by atoms with Crippen LogP contribution in [0.4, 0.5) is 10.1 Å². The van der Waals surface area contributed by atoms with E-state index in [2.05, 4.69) is 10.3 Å². The fraction of sp³-hybridized carbons (Fsp3) is 0.158. The highest BCUT2D eigenvalue weighted by atomic mass is 19.1. The summed E-state index contributed by atoms with van der Waals surface area (Å²) in [5.41, 5.74) is 3.65. The van der Waals surface area contributed by atoms with E-state index in [-0.39, 0.29) is 23.9 Å². The molecule has 5 heteroatoms. The van der Waals surface area contributed by atoms with Crippen LogP contribution >= 0.6 is 0 Å². The van der Waals surface area contributed by atoms with Crippen molar-refractivity contribution >= 4 is 28.3 Å². The summed E-state index contributed by atoms with van der Waals surface area (Å²) in [4.78, 5) is 26.7. The molecule has 0 aliphatic rings. The van der Waals surface area contributed by atoms with Crippen LogP contribution in [0.25, 0.3) is 10.9 Å². The Morgan fingerprint density at radius 2 is 1.83 bits per heavy atom. The van der Waals surface area contributed by atoms with Gasteiger partial charge in [-0.1, -0.05) is 0 Å². The third-order valence-electron chi connectivity index (χ3n) is 3.99. The molecule has 0 aliphatic heterocycles. The zero-order valence-electron chi connectivity index (χ0n) is 13.4. The summed E-state index contributed by atoms with van der Waals surface area (Å²) in [5.74, 6) is -0.550. The Hall–Kier alpha value is -2.95. The van der Waals surface area contributed by atoms with Crippen LogP contribution in [0.1, 0.15) is 28.5 Å². The van der Waals surface area contributed by atoms with Crippen molar-refractivity contribution in [2.24, 2.45) is 0 Å². The third kappa shape index (κ3) is 3.20. The summed E-state index contributed by atoms with van der Waals surface area (Å²) in [6, 6.07) is 11.2. The van der Waals surface area contributed by atoms with Gasteiger partial charge in [0.25, 0.3) is 0 Å². The van der Waals surface area contributed by atoms with Crippen LogP contribution in [0.3, 0.4) is 0 Å². The third-order valence-corrected chi connectivity index (χ3v) is 3.99. The second-order valence-corrected chi connectivity index (χ2v) is 5.78. The predicted octanol–water partition coefficient (Wildman–Crippen LogP) is 4.00. The Bertz CT molecular complexity index is 926. The molecule has 0 bridgehead atoms. The molecule has 3 rings (SSSR count). The first-order chi connectivity index (χ1) is 11.4. The van der Waals surface area contributed by atoms with Crippen LogP contribution < -0.4 is 5.32 Å². The molecule has 0 unspecified atom stereocenters. The van der Waals surface area contributed by atoms with Gasteiger partial charge in [0.2, 0.25) is 5.91 Å². The monoisotopic (exact) mass is 324 g/mol. The first-order valence-corrected chi connectivity index (χ1v) is 7.61. The number of halogens is 1. The summed E-state index contributed by atoms with van der Waals surface area (Å²) in [6.45, 7) is 3.36. The van der Waals surface area contributed by atoms with Crippen molar-refractivity contribution in [3.8, 4) is 0 Å². The summed E-state index contributed by atoms with van der Waals surface area (Å²) in [7, 11) is 0. The zero-order chi connectivity index (χ0) is 17.3. The number of ketones is 1. The van der Waals surface area contributed by atoms with Crippen molar-refractivity contribution in [2.75, 3.05) is 5.32 Å². The zero-order valence-corrected chi connectivity index (χ0v) is 13.4. The number of aromatic amines is 1. The highest BCUT2D eigenvalue weighted by molar-refractivity contribution is 5.97. The van der Waals surface area contributed by atoms with Gasteiger partial charge in [-0.2, -0.15) is 0 Å². The lowest BCUT2D eigenvalue weighted by Crippen LogP contribution is -2.14. The maximum absolute atomic E-state index is 13.5. The van der Waals surface area contributed by atoms with Gasteiger partial charge < -0.3 is 10.3 Å². The first-order valence-electron chi connectivity index (χ1n) is 7.61. The van der Waals surface area contributed by atoms with Gasteiger partial charge in [-0.3, -0.25) is 9.59 Å². The fourth-order valence-corrected chi connectivity index (χ4v) is 2.74. The average molecular weight is 324 g/mol. The number of carbonyl (C=O) groups is 2. The van der Waals surface area contributed by atoms with Gasteiger partial charge in [-0.25, -0.2) is 4.39 Å². The van der Waals surface area contributed by atoms with Crippen LogP contribution in [-0.2, 0) is 11.2 Å². The van der Waals surface area contributed by atoms with Gasteiger partial charge in [0.1, 0.15) is 5.82 Å². The number of aryl methyl sites for hydroxylation is 1. The van der Waals surface area contributed by atoms with E-state index < -0.39 is 0 Å². The number of carbonyl (C=O) groups excluding carboxylic acids is 2. The van der Waals surface area contributed by atoms with Crippen LogP contribution in [0.2, 0.25) is 0 Å². The molecular weight excluding hydrogens is 307 g/mol. The molecule has 24 heavy (non-hydrogen) atoms. The van der Waals surface area contributed by atoms with E-state index in [0.29, 0.717) is 11.3 Å². The first kappa shape index (κ1) is 15.9. The van der Waals surface area contributed by atoms with Crippen LogP contribution in [0.15, 0.2) is 42.5 Å². The molecule has 0 atom stereocenters. The quantitative estimate of drug-likeness (QED) is 0.713. The highest BCUT2D eigenvalue weighted by Crippen LogP contribution is 2.24. The molecule has 0 saturated carbocycles. The van der Waals surface area contributed by atoms with Crippen LogP contribution in [-0.4, -0.2) is 16.7 Å². The Kier molecular flexibility index (Phi) is 4.16.